The molecule has 0 aliphatic heterocycles. The van der Waals surface area contributed by atoms with Crippen LogP contribution < -0.4 is 4.74 Å². The van der Waals surface area contributed by atoms with Gasteiger partial charge in [-0.1, -0.05) is 48.5 Å². The Morgan fingerprint density at radius 3 is 2.11 bits per heavy atom. The van der Waals surface area contributed by atoms with E-state index in [0.29, 0.717) is 29.1 Å². The van der Waals surface area contributed by atoms with Gasteiger partial charge in [-0.05, 0) is 104 Å². The van der Waals surface area contributed by atoms with Gasteiger partial charge < -0.3 is 9.84 Å². The quantitative estimate of drug-likeness (QED) is 0.103. The Labute approximate surface area is 258 Å². The average molecular weight is 622 g/mol. The SMILES string of the molecule is CC(=N/C(C)=C/C(Cc1ccc(-c2ccc(F)cc2)cc1)Sc1ccc(OCC(=O)O)c(C)c1)c1ccc(C(F)(F)F)cc1. The molecule has 1 atom stereocenters. The van der Waals surface area contributed by atoms with Crippen molar-refractivity contribution in [2.75, 3.05) is 6.61 Å². The minimum absolute atomic E-state index is 0.0685. The van der Waals surface area contributed by atoms with Gasteiger partial charge in [0.25, 0.3) is 0 Å². The third kappa shape index (κ3) is 9.31. The highest BCUT2D eigenvalue weighted by molar-refractivity contribution is 8.00. The summed E-state index contributed by atoms with van der Waals surface area (Å²) < 4.78 is 57.7. The standard InChI is InChI=1S/C35H31F4NO3S/c1-22-18-31(16-17-33(22)43-21-34(41)42)44-32(20-25-4-6-27(7-5-25)28-10-14-30(36)15-11-28)19-23(2)40-24(3)26-8-12-29(13-9-26)35(37,38)39/h4-19,32H,20-21H2,1-3H3,(H,41,42)/b23-19+,40-24?. The highest BCUT2D eigenvalue weighted by Gasteiger charge is 2.30. The van der Waals surface area contributed by atoms with E-state index >= 15 is 0 Å². The second-order valence-electron chi connectivity index (χ2n) is 10.3. The largest absolute Gasteiger partial charge is 0.482 e. The molecule has 4 aromatic rings. The molecule has 0 saturated carbocycles. The van der Waals surface area contributed by atoms with E-state index < -0.39 is 24.3 Å². The smallest absolute Gasteiger partial charge is 0.416 e. The van der Waals surface area contributed by atoms with Crippen molar-refractivity contribution < 1.29 is 32.2 Å². The van der Waals surface area contributed by atoms with Gasteiger partial charge in [0, 0.05) is 21.6 Å². The van der Waals surface area contributed by atoms with Crippen LogP contribution >= 0.6 is 11.8 Å². The summed E-state index contributed by atoms with van der Waals surface area (Å²) in [7, 11) is 0. The van der Waals surface area contributed by atoms with E-state index in [2.05, 4.69) is 4.99 Å². The molecule has 1 N–H and O–H groups in total. The van der Waals surface area contributed by atoms with Gasteiger partial charge in [0.05, 0.1) is 5.56 Å². The van der Waals surface area contributed by atoms with E-state index in [1.807, 2.05) is 56.3 Å². The predicted octanol–water partition coefficient (Wildman–Crippen LogP) is 9.40. The van der Waals surface area contributed by atoms with Crippen molar-refractivity contribution in [3.8, 4) is 16.9 Å². The molecule has 4 aromatic carbocycles. The first-order chi connectivity index (χ1) is 20.9. The average Bonchev–Trinajstić information content (AvgIpc) is 2.97. The first-order valence-electron chi connectivity index (χ1n) is 13.8. The molecule has 4 nitrogen and oxygen atoms in total. The highest BCUT2D eigenvalue weighted by Crippen LogP contribution is 2.32. The summed E-state index contributed by atoms with van der Waals surface area (Å²) in [6, 6.07) is 24.9. The number of rotatable bonds is 11. The predicted molar refractivity (Wildman–Crippen MR) is 167 cm³/mol. The van der Waals surface area contributed by atoms with Crippen molar-refractivity contribution in [2.45, 2.75) is 43.5 Å². The van der Waals surface area contributed by atoms with Gasteiger partial charge in [0.2, 0.25) is 0 Å². The van der Waals surface area contributed by atoms with Crippen LogP contribution in [0.15, 0.2) is 113 Å². The molecule has 0 heterocycles. The number of hydrogen-bond donors (Lipinski definition) is 1. The fourth-order valence-corrected chi connectivity index (χ4v) is 5.83. The molecular weight excluding hydrogens is 590 g/mol. The number of carbonyl (C=O) groups is 1. The van der Waals surface area contributed by atoms with Crippen molar-refractivity contribution in [2.24, 2.45) is 4.99 Å². The summed E-state index contributed by atoms with van der Waals surface area (Å²) >= 11 is 1.60. The lowest BCUT2D eigenvalue weighted by Gasteiger charge is -2.16. The molecule has 0 bridgehead atoms. The van der Waals surface area contributed by atoms with Gasteiger partial charge in [-0.15, -0.1) is 11.8 Å². The zero-order chi connectivity index (χ0) is 31.9. The zero-order valence-electron chi connectivity index (χ0n) is 24.4. The molecule has 0 saturated heterocycles. The van der Waals surface area contributed by atoms with Crippen molar-refractivity contribution in [3.05, 3.63) is 131 Å². The van der Waals surface area contributed by atoms with Crippen LogP contribution in [0.25, 0.3) is 11.1 Å². The van der Waals surface area contributed by atoms with E-state index in [4.69, 9.17) is 9.84 Å². The molecule has 0 aliphatic carbocycles. The third-order valence-corrected chi connectivity index (χ3v) is 7.89. The number of benzene rings is 4. The minimum Gasteiger partial charge on any atom is -0.482 e. The maximum absolute atomic E-state index is 13.4. The number of thioether (sulfide) groups is 1. The molecule has 9 heteroatoms. The summed E-state index contributed by atoms with van der Waals surface area (Å²) in [5.74, 6) is -0.852. The first kappa shape index (κ1) is 32.5. The number of aliphatic carboxylic acids is 1. The number of aryl methyl sites for hydroxylation is 1. The van der Waals surface area contributed by atoms with E-state index in [0.717, 1.165) is 39.3 Å². The second kappa shape index (κ2) is 14.4. The normalized spacial score (nSPS) is 13.1. The Balaban J connectivity index is 1.58. The highest BCUT2D eigenvalue weighted by atomic mass is 32.2. The first-order valence-corrected chi connectivity index (χ1v) is 14.6. The molecule has 0 aliphatic rings. The van der Waals surface area contributed by atoms with Crippen LogP contribution in [0.1, 0.15) is 36.1 Å². The fraction of sp³-hybridized carbons (Fsp3) is 0.200. The number of carboxylic acid groups (broad SMARTS) is 1. The molecule has 4 rings (SSSR count). The van der Waals surface area contributed by atoms with Crippen LogP contribution in [-0.2, 0) is 17.4 Å². The van der Waals surface area contributed by atoms with Gasteiger partial charge in [0.1, 0.15) is 11.6 Å². The molecule has 0 spiro atoms. The molecule has 0 fully saturated rings. The van der Waals surface area contributed by atoms with Gasteiger partial charge in [0.15, 0.2) is 6.61 Å². The van der Waals surface area contributed by atoms with E-state index in [1.165, 1.54) is 24.3 Å². The zero-order valence-corrected chi connectivity index (χ0v) is 25.2. The monoisotopic (exact) mass is 621 g/mol. The molecule has 0 amide bonds. The molecule has 0 aromatic heterocycles. The molecule has 44 heavy (non-hydrogen) atoms. The maximum Gasteiger partial charge on any atom is 0.416 e. The molecular formula is C35H31F4NO3S. The molecule has 0 radical (unpaired) electrons. The lowest BCUT2D eigenvalue weighted by molar-refractivity contribution is -0.139. The summed E-state index contributed by atoms with van der Waals surface area (Å²) in [5.41, 5.74) is 4.94. The summed E-state index contributed by atoms with van der Waals surface area (Å²) in [4.78, 5) is 16.5. The summed E-state index contributed by atoms with van der Waals surface area (Å²) in [6.07, 6.45) is -1.73. The number of ether oxygens (including phenoxy) is 1. The topological polar surface area (TPSA) is 58.9 Å². The molecule has 228 valence electrons. The number of nitrogens with zero attached hydrogens (tertiary/aromatic N) is 1. The van der Waals surface area contributed by atoms with Gasteiger partial charge in [-0.3, -0.25) is 4.99 Å². The fourth-order valence-electron chi connectivity index (χ4n) is 4.55. The Morgan fingerprint density at radius 2 is 1.55 bits per heavy atom. The minimum atomic E-state index is -4.40. The number of halogens is 4. The van der Waals surface area contributed by atoms with Crippen LogP contribution in [0.2, 0.25) is 0 Å². The lowest BCUT2D eigenvalue weighted by Crippen LogP contribution is -2.10. The molecule has 1 unspecified atom stereocenters. The van der Waals surface area contributed by atoms with Crippen LogP contribution in [-0.4, -0.2) is 28.6 Å². The number of hydrogen-bond acceptors (Lipinski definition) is 4. The third-order valence-electron chi connectivity index (χ3n) is 6.75. The Kier molecular flexibility index (Phi) is 10.7. The van der Waals surface area contributed by atoms with Crippen molar-refractivity contribution in [1.82, 2.24) is 0 Å². The summed E-state index contributed by atoms with van der Waals surface area (Å²) in [6.45, 7) is 5.04. The van der Waals surface area contributed by atoms with Crippen LogP contribution in [0.3, 0.4) is 0 Å². The number of allylic oxidation sites excluding steroid dienone is 1. The number of aliphatic imine (C=N–C) groups is 1. The second-order valence-corrected chi connectivity index (χ2v) is 11.6. The maximum atomic E-state index is 13.4. The number of alkyl halides is 3. The Morgan fingerprint density at radius 1 is 0.932 bits per heavy atom. The van der Waals surface area contributed by atoms with E-state index in [-0.39, 0.29) is 11.1 Å². The Bertz CT molecular complexity index is 1650. The Hall–Kier alpha value is -4.37. The van der Waals surface area contributed by atoms with Crippen LogP contribution in [0.5, 0.6) is 5.75 Å². The van der Waals surface area contributed by atoms with Crippen molar-refractivity contribution in [3.63, 3.8) is 0 Å². The van der Waals surface area contributed by atoms with E-state index in [1.54, 1.807) is 36.9 Å². The van der Waals surface area contributed by atoms with Crippen molar-refractivity contribution in [1.29, 1.82) is 0 Å². The van der Waals surface area contributed by atoms with E-state index in [9.17, 15) is 22.4 Å². The van der Waals surface area contributed by atoms with Crippen molar-refractivity contribution >= 4 is 23.4 Å². The van der Waals surface area contributed by atoms with Gasteiger partial charge in [-0.2, -0.15) is 13.2 Å². The summed E-state index contributed by atoms with van der Waals surface area (Å²) in [5, 5.41) is 8.86. The van der Waals surface area contributed by atoms with Gasteiger partial charge >= 0.3 is 12.1 Å². The number of carboxylic acids is 1. The lowest BCUT2D eigenvalue weighted by atomic mass is 10.0. The van der Waals surface area contributed by atoms with Crippen LogP contribution in [0.4, 0.5) is 17.6 Å². The van der Waals surface area contributed by atoms with Gasteiger partial charge in [-0.25, -0.2) is 9.18 Å². The van der Waals surface area contributed by atoms with Crippen LogP contribution in [0, 0.1) is 12.7 Å².